The van der Waals surface area contributed by atoms with Crippen LogP contribution >= 0.6 is 0 Å². The number of nitrogens with zero attached hydrogens (tertiary/aromatic N) is 2. The SMILES string of the molecule is COc1ccc(C2(NCc3ccc(-n4cccn4)cc3)CCCC2)cc1.O=C(O)CC(O)(CC(=O)O)C(=O)O. The molecule has 11 heteroatoms. The van der Waals surface area contributed by atoms with Crippen molar-refractivity contribution >= 4 is 17.9 Å². The number of aliphatic carboxylic acids is 3. The molecule has 0 unspecified atom stereocenters. The van der Waals surface area contributed by atoms with Gasteiger partial charge in [-0.05, 0) is 54.3 Å². The van der Waals surface area contributed by atoms with E-state index in [9.17, 15) is 14.4 Å². The first-order valence-corrected chi connectivity index (χ1v) is 12.4. The average Bonchev–Trinajstić information content (AvgIpc) is 3.61. The summed E-state index contributed by atoms with van der Waals surface area (Å²) in [6.45, 7) is 0.866. The number of benzene rings is 2. The van der Waals surface area contributed by atoms with Crippen LogP contribution < -0.4 is 10.1 Å². The minimum Gasteiger partial charge on any atom is -0.497 e. The summed E-state index contributed by atoms with van der Waals surface area (Å²) in [6.07, 6.45) is 6.39. The number of hydrogen-bond donors (Lipinski definition) is 5. The van der Waals surface area contributed by atoms with Gasteiger partial charge in [0, 0.05) is 24.5 Å². The van der Waals surface area contributed by atoms with Crippen molar-refractivity contribution in [1.82, 2.24) is 15.1 Å². The summed E-state index contributed by atoms with van der Waals surface area (Å²) in [4.78, 5) is 30.5. The molecule has 0 bridgehead atoms. The van der Waals surface area contributed by atoms with Crippen LogP contribution in [0.5, 0.6) is 5.75 Å². The second-order valence-corrected chi connectivity index (χ2v) is 9.47. The highest BCUT2D eigenvalue weighted by atomic mass is 16.5. The molecule has 1 aliphatic carbocycles. The van der Waals surface area contributed by atoms with Crippen molar-refractivity contribution in [2.45, 2.75) is 56.2 Å². The van der Waals surface area contributed by atoms with Gasteiger partial charge >= 0.3 is 17.9 Å². The number of hydrogen-bond acceptors (Lipinski definition) is 7. The largest absolute Gasteiger partial charge is 0.497 e. The molecular weight excluding hydrogens is 506 g/mol. The Hall–Kier alpha value is -4.22. The number of aromatic nitrogens is 2. The van der Waals surface area contributed by atoms with Crippen LogP contribution in [0.25, 0.3) is 5.69 Å². The van der Waals surface area contributed by atoms with Gasteiger partial charge in [0.05, 0.1) is 25.6 Å². The van der Waals surface area contributed by atoms with Crippen molar-refractivity contribution < 1.29 is 39.5 Å². The van der Waals surface area contributed by atoms with Crippen LogP contribution in [-0.2, 0) is 26.5 Å². The Balaban J connectivity index is 0.000000276. The Bertz CT molecular complexity index is 1220. The molecule has 0 spiro atoms. The Morgan fingerprint density at radius 2 is 1.56 bits per heavy atom. The molecule has 1 aliphatic rings. The fraction of sp³-hybridized carbons (Fsp3) is 0.357. The summed E-state index contributed by atoms with van der Waals surface area (Å²) >= 11 is 0. The van der Waals surface area contributed by atoms with Crippen LogP contribution in [-0.4, -0.2) is 60.8 Å². The lowest BCUT2D eigenvalue weighted by atomic mass is 9.88. The van der Waals surface area contributed by atoms with Crippen molar-refractivity contribution in [1.29, 1.82) is 0 Å². The zero-order valence-corrected chi connectivity index (χ0v) is 21.6. The molecule has 11 nitrogen and oxygen atoms in total. The minimum absolute atomic E-state index is 0.0763. The van der Waals surface area contributed by atoms with E-state index in [1.165, 1.54) is 36.8 Å². The van der Waals surface area contributed by atoms with E-state index in [2.05, 4.69) is 58.9 Å². The summed E-state index contributed by atoms with van der Waals surface area (Å²) in [5, 5.41) is 41.9. The lowest BCUT2D eigenvalue weighted by Crippen LogP contribution is -2.42. The van der Waals surface area contributed by atoms with Crippen LogP contribution in [0.15, 0.2) is 67.0 Å². The molecule has 0 amide bonds. The molecule has 4 rings (SSSR count). The first-order valence-electron chi connectivity index (χ1n) is 12.4. The molecule has 0 atom stereocenters. The van der Waals surface area contributed by atoms with Gasteiger partial charge < -0.3 is 30.5 Å². The zero-order valence-electron chi connectivity index (χ0n) is 21.6. The maximum Gasteiger partial charge on any atom is 0.336 e. The van der Waals surface area contributed by atoms with E-state index >= 15 is 0 Å². The van der Waals surface area contributed by atoms with Crippen LogP contribution in [0, 0.1) is 0 Å². The van der Waals surface area contributed by atoms with Crippen LogP contribution in [0.2, 0.25) is 0 Å². The third-order valence-corrected chi connectivity index (χ3v) is 6.72. The third kappa shape index (κ3) is 7.88. The number of nitrogens with one attached hydrogen (secondary N) is 1. The van der Waals surface area contributed by atoms with Crippen molar-refractivity contribution in [2.24, 2.45) is 0 Å². The maximum absolute atomic E-state index is 10.3. The summed E-state index contributed by atoms with van der Waals surface area (Å²) in [5.41, 5.74) is 1.08. The van der Waals surface area contributed by atoms with Crippen molar-refractivity contribution in [3.63, 3.8) is 0 Å². The van der Waals surface area contributed by atoms with Gasteiger partial charge in [-0.2, -0.15) is 5.10 Å². The third-order valence-electron chi connectivity index (χ3n) is 6.72. The summed E-state index contributed by atoms with van der Waals surface area (Å²) in [5.74, 6) is -4.11. The second kappa shape index (κ2) is 13.0. The van der Waals surface area contributed by atoms with Crippen LogP contribution in [0.1, 0.15) is 49.7 Å². The Kier molecular flexibility index (Phi) is 9.80. The summed E-state index contributed by atoms with van der Waals surface area (Å²) in [6, 6.07) is 19.1. The quantitative estimate of drug-likeness (QED) is 0.244. The number of rotatable bonds is 11. The van der Waals surface area contributed by atoms with E-state index in [1.54, 1.807) is 13.3 Å². The molecule has 208 valence electrons. The first kappa shape index (κ1) is 29.3. The van der Waals surface area contributed by atoms with E-state index in [0.29, 0.717) is 0 Å². The molecule has 1 heterocycles. The van der Waals surface area contributed by atoms with Gasteiger partial charge in [0.15, 0.2) is 5.60 Å². The molecule has 0 aliphatic heterocycles. The normalized spacial score (nSPS) is 14.2. The van der Waals surface area contributed by atoms with Crippen molar-refractivity contribution in [2.75, 3.05) is 7.11 Å². The standard InChI is InChI=1S/C22H25N3O.C6H8O7/c1-26-21-11-7-19(8-12-21)22(13-2-3-14-22)23-17-18-5-9-20(10-6-18)25-16-4-15-24-25;7-3(8)1-6(13,5(11)12)2-4(9)10/h4-12,15-16,23H,2-3,13-14,17H2,1H3;13H,1-2H2,(H,7,8)(H,9,10)(H,11,12). The van der Waals surface area contributed by atoms with Gasteiger partial charge in [0.1, 0.15) is 5.75 Å². The molecular formula is C28H33N3O8. The lowest BCUT2D eigenvalue weighted by molar-refractivity contribution is -0.170. The molecule has 5 N–H and O–H groups in total. The fourth-order valence-corrected chi connectivity index (χ4v) is 4.63. The lowest BCUT2D eigenvalue weighted by Gasteiger charge is -2.31. The molecule has 1 aromatic heterocycles. The van der Waals surface area contributed by atoms with Crippen LogP contribution in [0.3, 0.4) is 0 Å². The predicted octanol–water partition coefficient (Wildman–Crippen LogP) is 3.19. The van der Waals surface area contributed by atoms with E-state index in [0.717, 1.165) is 18.0 Å². The maximum atomic E-state index is 10.3. The average molecular weight is 540 g/mol. The van der Waals surface area contributed by atoms with E-state index < -0.39 is 36.4 Å². The number of ether oxygens (including phenoxy) is 1. The molecule has 2 aromatic carbocycles. The van der Waals surface area contributed by atoms with Crippen molar-refractivity contribution in [3.05, 3.63) is 78.1 Å². The molecule has 0 radical (unpaired) electrons. The van der Waals surface area contributed by atoms with E-state index in [4.69, 9.17) is 25.2 Å². The Morgan fingerprint density at radius 3 is 2.03 bits per heavy atom. The van der Waals surface area contributed by atoms with E-state index in [-0.39, 0.29) is 5.54 Å². The van der Waals surface area contributed by atoms with Gasteiger partial charge in [-0.25, -0.2) is 9.48 Å². The molecule has 39 heavy (non-hydrogen) atoms. The van der Waals surface area contributed by atoms with Gasteiger partial charge in [-0.1, -0.05) is 37.1 Å². The van der Waals surface area contributed by atoms with Crippen LogP contribution in [0.4, 0.5) is 0 Å². The number of carboxylic acid groups (broad SMARTS) is 3. The highest BCUT2D eigenvalue weighted by Gasteiger charge is 2.40. The topological polar surface area (TPSA) is 171 Å². The number of carbonyl (C=O) groups is 3. The molecule has 3 aromatic rings. The Labute approximate surface area is 225 Å². The number of aliphatic hydroxyl groups is 1. The highest BCUT2D eigenvalue weighted by molar-refractivity contribution is 5.88. The number of methoxy groups -OCH3 is 1. The molecule has 0 saturated heterocycles. The number of carboxylic acids is 3. The Morgan fingerprint density at radius 1 is 0.974 bits per heavy atom. The molecule has 1 saturated carbocycles. The van der Waals surface area contributed by atoms with Crippen molar-refractivity contribution in [3.8, 4) is 11.4 Å². The zero-order chi connectivity index (χ0) is 28.5. The van der Waals surface area contributed by atoms with Gasteiger partial charge in [-0.3, -0.25) is 9.59 Å². The molecule has 1 fully saturated rings. The second-order valence-electron chi connectivity index (χ2n) is 9.47. The highest BCUT2D eigenvalue weighted by Crippen LogP contribution is 2.39. The monoisotopic (exact) mass is 539 g/mol. The summed E-state index contributed by atoms with van der Waals surface area (Å²) < 4.78 is 7.19. The van der Waals surface area contributed by atoms with Gasteiger partial charge in [0.2, 0.25) is 0 Å². The van der Waals surface area contributed by atoms with Gasteiger partial charge in [-0.15, -0.1) is 0 Å². The summed E-state index contributed by atoms with van der Waals surface area (Å²) in [7, 11) is 1.71. The fourth-order valence-electron chi connectivity index (χ4n) is 4.63. The minimum atomic E-state index is -2.74. The predicted molar refractivity (Wildman–Crippen MR) is 141 cm³/mol. The van der Waals surface area contributed by atoms with E-state index in [1.807, 2.05) is 16.9 Å². The first-order chi connectivity index (χ1) is 18.6. The smallest absolute Gasteiger partial charge is 0.336 e. The van der Waals surface area contributed by atoms with Gasteiger partial charge in [0.25, 0.3) is 0 Å².